The van der Waals surface area contributed by atoms with Gasteiger partial charge in [0.05, 0.1) is 29.2 Å². The van der Waals surface area contributed by atoms with E-state index in [1.165, 1.54) is 22.7 Å². The highest BCUT2D eigenvalue weighted by molar-refractivity contribution is 7.88. The molecule has 31 heavy (non-hydrogen) atoms. The number of piperazine rings is 1. The predicted octanol–water partition coefficient (Wildman–Crippen LogP) is 2.81. The number of ether oxygens (including phenoxy) is 1. The highest BCUT2D eigenvalue weighted by Crippen LogP contribution is 2.23. The Morgan fingerprint density at radius 2 is 1.77 bits per heavy atom. The molecule has 0 unspecified atom stereocenters. The molecular formula is C22H22FN3O4S. The number of fused-ring (bicyclic) bond motifs is 1. The Balaban J connectivity index is 1.47. The van der Waals surface area contributed by atoms with E-state index in [0.29, 0.717) is 37.3 Å². The Bertz CT molecular complexity index is 1210. The Morgan fingerprint density at radius 3 is 2.45 bits per heavy atom. The third kappa shape index (κ3) is 5.00. The number of carbonyl (C=O) groups excluding carboxylic acids is 1. The van der Waals surface area contributed by atoms with Gasteiger partial charge in [-0.2, -0.15) is 4.31 Å². The normalized spacial score (nSPS) is 15.2. The van der Waals surface area contributed by atoms with Crippen molar-refractivity contribution in [2.75, 3.05) is 37.3 Å². The number of aromatic nitrogens is 1. The summed E-state index contributed by atoms with van der Waals surface area (Å²) in [5.41, 5.74) is 2.72. The third-order valence-corrected chi connectivity index (χ3v) is 6.56. The van der Waals surface area contributed by atoms with Gasteiger partial charge in [-0.05, 0) is 42.0 Å². The van der Waals surface area contributed by atoms with Gasteiger partial charge in [0.15, 0.2) is 0 Å². The third-order valence-electron chi connectivity index (χ3n) is 5.26. The Labute approximate surface area is 180 Å². The van der Waals surface area contributed by atoms with Crippen molar-refractivity contribution in [2.45, 2.75) is 6.61 Å². The lowest BCUT2D eigenvalue weighted by atomic mass is 10.1. The van der Waals surface area contributed by atoms with Crippen LogP contribution in [0.4, 0.5) is 10.1 Å². The van der Waals surface area contributed by atoms with Gasteiger partial charge in [-0.3, -0.25) is 4.98 Å². The summed E-state index contributed by atoms with van der Waals surface area (Å²) in [7, 11) is -3.19. The Hall–Kier alpha value is -3.04. The molecule has 4 rings (SSSR count). The van der Waals surface area contributed by atoms with E-state index < -0.39 is 16.0 Å². The molecule has 162 valence electrons. The zero-order valence-electron chi connectivity index (χ0n) is 17.0. The lowest BCUT2D eigenvalue weighted by Crippen LogP contribution is -2.48. The minimum atomic E-state index is -3.19. The van der Waals surface area contributed by atoms with E-state index >= 15 is 0 Å². The van der Waals surface area contributed by atoms with Crippen LogP contribution in [0.25, 0.3) is 10.9 Å². The second-order valence-electron chi connectivity index (χ2n) is 7.45. The fraction of sp³-hybridized carbons (Fsp3) is 0.273. The number of halogens is 1. The van der Waals surface area contributed by atoms with Crippen molar-refractivity contribution >= 4 is 32.6 Å². The van der Waals surface area contributed by atoms with E-state index in [-0.39, 0.29) is 12.4 Å². The van der Waals surface area contributed by atoms with Crippen molar-refractivity contribution in [1.29, 1.82) is 0 Å². The lowest BCUT2D eigenvalue weighted by molar-refractivity contribution is 0.0473. The van der Waals surface area contributed by atoms with E-state index in [9.17, 15) is 17.6 Å². The average Bonchev–Trinajstić information content (AvgIpc) is 2.77. The molecular weight excluding hydrogens is 421 g/mol. The van der Waals surface area contributed by atoms with Crippen LogP contribution in [-0.4, -0.2) is 56.1 Å². The summed E-state index contributed by atoms with van der Waals surface area (Å²) >= 11 is 0. The van der Waals surface area contributed by atoms with E-state index in [1.807, 2.05) is 6.07 Å². The van der Waals surface area contributed by atoms with Crippen LogP contribution in [0.2, 0.25) is 0 Å². The van der Waals surface area contributed by atoms with Gasteiger partial charge in [0.2, 0.25) is 10.0 Å². The topological polar surface area (TPSA) is 79.8 Å². The summed E-state index contributed by atoms with van der Waals surface area (Å²) in [4.78, 5) is 19.0. The second-order valence-corrected chi connectivity index (χ2v) is 9.44. The zero-order chi connectivity index (χ0) is 22.0. The number of rotatable bonds is 5. The maximum atomic E-state index is 13.0. The van der Waals surface area contributed by atoms with Crippen molar-refractivity contribution in [1.82, 2.24) is 9.29 Å². The molecule has 2 heterocycles. The van der Waals surface area contributed by atoms with Crippen molar-refractivity contribution < 1.29 is 22.3 Å². The van der Waals surface area contributed by atoms with Crippen LogP contribution < -0.4 is 4.90 Å². The van der Waals surface area contributed by atoms with Crippen molar-refractivity contribution in [3.05, 3.63) is 71.7 Å². The number of nitrogens with zero attached hydrogens (tertiary/aromatic N) is 3. The Kier molecular flexibility index (Phi) is 5.88. The van der Waals surface area contributed by atoms with Crippen LogP contribution in [-0.2, 0) is 21.4 Å². The van der Waals surface area contributed by atoms with Crippen LogP contribution >= 0.6 is 0 Å². The van der Waals surface area contributed by atoms with Gasteiger partial charge in [-0.15, -0.1) is 0 Å². The number of benzene rings is 2. The van der Waals surface area contributed by atoms with Crippen LogP contribution in [0.15, 0.2) is 54.7 Å². The summed E-state index contributed by atoms with van der Waals surface area (Å²) < 4.78 is 43.2. The Morgan fingerprint density at radius 1 is 1.06 bits per heavy atom. The maximum absolute atomic E-state index is 13.0. The minimum Gasteiger partial charge on any atom is -0.457 e. The standard InChI is InChI=1S/C22H22FN3O4S/c1-31(28,29)26-10-8-25(9-11-26)20-13-18-12-17(4-7-21(18)24-14-20)22(27)30-15-16-2-5-19(23)6-3-16/h2-7,12-14H,8-11,15H2,1H3. The molecule has 0 saturated carbocycles. The first-order valence-electron chi connectivity index (χ1n) is 9.81. The molecule has 0 atom stereocenters. The molecule has 0 amide bonds. The van der Waals surface area contributed by atoms with E-state index in [2.05, 4.69) is 9.88 Å². The van der Waals surface area contributed by atoms with Gasteiger partial charge in [0.1, 0.15) is 12.4 Å². The fourth-order valence-electron chi connectivity index (χ4n) is 3.51. The monoisotopic (exact) mass is 443 g/mol. The molecule has 3 aromatic rings. The molecule has 9 heteroatoms. The summed E-state index contributed by atoms with van der Waals surface area (Å²) in [5.74, 6) is -0.816. The highest BCUT2D eigenvalue weighted by Gasteiger charge is 2.23. The lowest BCUT2D eigenvalue weighted by Gasteiger charge is -2.34. The van der Waals surface area contributed by atoms with E-state index in [0.717, 1.165) is 16.6 Å². The molecule has 2 aromatic carbocycles. The largest absolute Gasteiger partial charge is 0.457 e. The number of anilines is 1. The minimum absolute atomic E-state index is 0.0556. The highest BCUT2D eigenvalue weighted by atomic mass is 32.2. The molecule has 0 aliphatic carbocycles. The summed E-state index contributed by atoms with van der Waals surface area (Å²) in [6.07, 6.45) is 2.97. The van der Waals surface area contributed by atoms with E-state index in [4.69, 9.17) is 4.74 Å². The van der Waals surface area contributed by atoms with Gasteiger partial charge < -0.3 is 9.64 Å². The molecule has 0 radical (unpaired) electrons. The molecule has 1 aliphatic rings. The van der Waals surface area contributed by atoms with Crippen LogP contribution in [0, 0.1) is 5.82 Å². The first kappa shape index (κ1) is 21.2. The smallest absolute Gasteiger partial charge is 0.338 e. The summed E-state index contributed by atoms with van der Waals surface area (Å²) in [6.45, 7) is 2.04. The van der Waals surface area contributed by atoms with Crippen molar-refractivity contribution in [2.24, 2.45) is 0 Å². The van der Waals surface area contributed by atoms with Gasteiger partial charge in [0.25, 0.3) is 0 Å². The molecule has 1 saturated heterocycles. The van der Waals surface area contributed by atoms with Crippen LogP contribution in [0.1, 0.15) is 15.9 Å². The number of carbonyl (C=O) groups is 1. The van der Waals surface area contributed by atoms with Gasteiger partial charge >= 0.3 is 5.97 Å². The molecule has 0 bridgehead atoms. The second kappa shape index (κ2) is 8.60. The molecule has 0 spiro atoms. The predicted molar refractivity (Wildman–Crippen MR) is 116 cm³/mol. The molecule has 1 fully saturated rings. The summed E-state index contributed by atoms with van der Waals surface area (Å²) in [6, 6.07) is 12.9. The number of esters is 1. The van der Waals surface area contributed by atoms with E-state index in [1.54, 1.807) is 36.5 Å². The first-order chi connectivity index (χ1) is 14.8. The number of hydrogen-bond acceptors (Lipinski definition) is 6. The zero-order valence-corrected chi connectivity index (χ0v) is 17.8. The van der Waals surface area contributed by atoms with Gasteiger partial charge in [-0.1, -0.05) is 12.1 Å². The molecule has 7 nitrogen and oxygen atoms in total. The molecule has 1 aliphatic heterocycles. The quantitative estimate of drug-likeness (QED) is 0.564. The van der Waals surface area contributed by atoms with Crippen molar-refractivity contribution in [3.8, 4) is 0 Å². The number of hydrogen-bond donors (Lipinski definition) is 0. The van der Waals surface area contributed by atoms with Crippen LogP contribution in [0.5, 0.6) is 0 Å². The molecule has 0 N–H and O–H groups in total. The molecule has 1 aromatic heterocycles. The first-order valence-corrected chi connectivity index (χ1v) is 11.7. The van der Waals surface area contributed by atoms with Gasteiger partial charge in [-0.25, -0.2) is 17.6 Å². The SMILES string of the molecule is CS(=O)(=O)N1CCN(c2cnc3ccc(C(=O)OCc4ccc(F)cc4)cc3c2)CC1. The average molecular weight is 444 g/mol. The van der Waals surface area contributed by atoms with Gasteiger partial charge in [0, 0.05) is 31.6 Å². The van der Waals surface area contributed by atoms with Crippen LogP contribution in [0.3, 0.4) is 0 Å². The summed E-state index contributed by atoms with van der Waals surface area (Å²) in [5, 5.41) is 0.791. The maximum Gasteiger partial charge on any atom is 0.338 e. The van der Waals surface area contributed by atoms with Crippen molar-refractivity contribution in [3.63, 3.8) is 0 Å². The number of pyridine rings is 1. The fourth-order valence-corrected chi connectivity index (χ4v) is 4.34. The number of sulfonamides is 1.